The summed E-state index contributed by atoms with van der Waals surface area (Å²) < 4.78 is 6.28. The van der Waals surface area contributed by atoms with E-state index in [1.165, 1.54) is 12.8 Å². The van der Waals surface area contributed by atoms with Crippen molar-refractivity contribution in [3.8, 4) is 0 Å². The standard InChI is InChI=1S/C27H32N2O4/c1-33-27(22-4-2-3-5-22)13-12-18(6-11-26(31)32)14-24(27)21-8-7-20-16-23(29-25(30)17-28)10-9-19(20)15-21/h7-10,12-16,22,24H,2-6,11,17,28H2,1H3,(H,29,30)(H,31,32). The Labute approximate surface area is 194 Å². The fraction of sp³-hybridized carbons (Fsp3) is 0.407. The van der Waals surface area contributed by atoms with Gasteiger partial charge < -0.3 is 20.9 Å². The maximum atomic E-state index is 11.6. The van der Waals surface area contributed by atoms with Crippen molar-refractivity contribution in [2.24, 2.45) is 11.7 Å². The zero-order chi connectivity index (χ0) is 23.4. The molecule has 174 valence electrons. The first kappa shape index (κ1) is 23.2. The zero-order valence-electron chi connectivity index (χ0n) is 19.0. The number of hydrogen-bond donors (Lipinski definition) is 3. The van der Waals surface area contributed by atoms with Crippen LogP contribution in [0.2, 0.25) is 0 Å². The van der Waals surface area contributed by atoms with Crippen molar-refractivity contribution in [1.29, 1.82) is 0 Å². The van der Waals surface area contributed by atoms with Crippen molar-refractivity contribution in [1.82, 2.24) is 0 Å². The van der Waals surface area contributed by atoms with Crippen LogP contribution in [0, 0.1) is 5.92 Å². The average molecular weight is 449 g/mol. The van der Waals surface area contributed by atoms with E-state index in [0.717, 1.165) is 40.4 Å². The van der Waals surface area contributed by atoms with Crippen LogP contribution in [-0.4, -0.2) is 36.2 Å². The fourth-order valence-corrected chi connectivity index (χ4v) is 5.39. The Bertz CT molecular complexity index is 1100. The average Bonchev–Trinajstić information content (AvgIpc) is 3.37. The minimum atomic E-state index is -0.788. The van der Waals surface area contributed by atoms with E-state index in [2.05, 4.69) is 41.7 Å². The van der Waals surface area contributed by atoms with Gasteiger partial charge in [0.25, 0.3) is 0 Å². The lowest BCUT2D eigenvalue weighted by atomic mass is 9.69. The highest BCUT2D eigenvalue weighted by atomic mass is 16.5. The molecule has 6 heteroatoms. The molecule has 33 heavy (non-hydrogen) atoms. The predicted molar refractivity (Wildman–Crippen MR) is 130 cm³/mol. The molecule has 2 aromatic carbocycles. The third kappa shape index (κ3) is 4.87. The molecular formula is C27H32N2O4. The van der Waals surface area contributed by atoms with Crippen molar-refractivity contribution >= 4 is 28.3 Å². The Morgan fingerprint density at radius 3 is 2.58 bits per heavy atom. The Hall–Kier alpha value is -2.96. The normalized spacial score (nSPS) is 23.0. The summed E-state index contributed by atoms with van der Waals surface area (Å²) in [6, 6.07) is 12.2. The van der Waals surface area contributed by atoms with Crippen LogP contribution in [-0.2, 0) is 14.3 Å². The molecule has 2 unspecified atom stereocenters. The molecule has 0 heterocycles. The second-order valence-electron chi connectivity index (χ2n) is 9.06. The monoisotopic (exact) mass is 448 g/mol. The van der Waals surface area contributed by atoms with E-state index in [-0.39, 0.29) is 24.8 Å². The van der Waals surface area contributed by atoms with Gasteiger partial charge in [0, 0.05) is 25.1 Å². The van der Waals surface area contributed by atoms with Gasteiger partial charge >= 0.3 is 5.97 Å². The lowest BCUT2D eigenvalue weighted by Crippen LogP contribution is -2.43. The van der Waals surface area contributed by atoms with Crippen LogP contribution in [0.25, 0.3) is 10.8 Å². The number of rotatable bonds is 8. The summed E-state index contributed by atoms with van der Waals surface area (Å²) in [6.45, 7) is -0.0526. The highest BCUT2D eigenvalue weighted by Gasteiger charge is 2.46. The Morgan fingerprint density at radius 2 is 1.88 bits per heavy atom. The van der Waals surface area contributed by atoms with Crippen LogP contribution >= 0.6 is 0 Å². The molecule has 2 atom stereocenters. The molecule has 6 nitrogen and oxygen atoms in total. The fourth-order valence-electron chi connectivity index (χ4n) is 5.39. The van der Waals surface area contributed by atoms with Crippen LogP contribution in [0.15, 0.2) is 60.2 Å². The second kappa shape index (κ2) is 9.89. The first-order valence-corrected chi connectivity index (χ1v) is 11.7. The molecule has 0 radical (unpaired) electrons. The number of allylic oxidation sites excluding steroid dienone is 2. The number of anilines is 1. The van der Waals surface area contributed by atoms with Gasteiger partial charge in [-0.05, 0) is 53.6 Å². The van der Waals surface area contributed by atoms with Gasteiger partial charge in [0.2, 0.25) is 5.91 Å². The molecule has 2 aliphatic rings. The molecule has 0 bridgehead atoms. The first-order chi connectivity index (χ1) is 15.9. The highest BCUT2D eigenvalue weighted by molar-refractivity contribution is 5.95. The molecule has 4 N–H and O–H groups in total. The zero-order valence-corrected chi connectivity index (χ0v) is 19.0. The molecule has 1 saturated carbocycles. The van der Waals surface area contributed by atoms with Crippen molar-refractivity contribution in [2.75, 3.05) is 19.0 Å². The molecule has 0 saturated heterocycles. The highest BCUT2D eigenvalue weighted by Crippen LogP contribution is 2.49. The minimum absolute atomic E-state index is 0.000384. The van der Waals surface area contributed by atoms with Gasteiger partial charge in [0.15, 0.2) is 0 Å². The molecule has 2 aliphatic carbocycles. The number of fused-ring (bicyclic) bond motifs is 1. The second-order valence-corrected chi connectivity index (χ2v) is 9.06. The number of methoxy groups -OCH3 is 1. The number of carboxylic acids is 1. The van der Waals surface area contributed by atoms with Gasteiger partial charge in [-0.2, -0.15) is 0 Å². The number of hydrogen-bond acceptors (Lipinski definition) is 4. The summed E-state index contributed by atoms with van der Waals surface area (Å²) in [4.78, 5) is 22.8. The quantitative estimate of drug-likeness (QED) is 0.541. The van der Waals surface area contributed by atoms with Gasteiger partial charge in [-0.25, -0.2) is 0 Å². The van der Waals surface area contributed by atoms with E-state index in [4.69, 9.17) is 15.6 Å². The van der Waals surface area contributed by atoms with Crippen LogP contribution in [0.1, 0.15) is 50.0 Å². The number of benzene rings is 2. The Morgan fingerprint density at radius 1 is 1.15 bits per heavy atom. The lowest BCUT2D eigenvalue weighted by molar-refractivity contribution is -0.136. The van der Waals surface area contributed by atoms with Gasteiger partial charge in [-0.1, -0.05) is 60.9 Å². The molecule has 0 spiro atoms. The van der Waals surface area contributed by atoms with Crippen LogP contribution in [0.3, 0.4) is 0 Å². The lowest BCUT2D eigenvalue weighted by Gasteiger charge is -2.43. The summed E-state index contributed by atoms with van der Waals surface area (Å²) in [6.07, 6.45) is 11.8. The van der Waals surface area contributed by atoms with Crippen LogP contribution in [0.4, 0.5) is 5.69 Å². The van der Waals surface area contributed by atoms with Crippen LogP contribution < -0.4 is 11.1 Å². The largest absolute Gasteiger partial charge is 0.481 e. The third-order valence-electron chi connectivity index (χ3n) is 7.09. The van der Waals surface area contributed by atoms with E-state index >= 15 is 0 Å². The number of nitrogens with two attached hydrogens (primary N) is 1. The maximum absolute atomic E-state index is 11.6. The summed E-state index contributed by atoms with van der Waals surface area (Å²) in [7, 11) is 1.79. The topological polar surface area (TPSA) is 102 Å². The van der Waals surface area contributed by atoms with E-state index in [1.54, 1.807) is 7.11 Å². The maximum Gasteiger partial charge on any atom is 0.303 e. The molecule has 4 rings (SSSR count). The number of nitrogens with one attached hydrogen (secondary N) is 1. The van der Waals surface area contributed by atoms with E-state index < -0.39 is 11.6 Å². The van der Waals surface area contributed by atoms with Crippen molar-refractivity contribution in [3.05, 3.63) is 65.8 Å². The Balaban J connectivity index is 1.72. The smallest absolute Gasteiger partial charge is 0.303 e. The van der Waals surface area contributed by atoms with Gasteiger partial charge in [0.1, 0.15) is 0 Å². The Kier molecular flexibility index (Phi) is 6.96. The number of carbonyl (C=O) groups is 2. The van der Waals surface area contributed by atoms with E-state index in [0.29, 0.717) is 12.3 Å². The molecule has 1 amide bonds. The minimum Gasteiger partial charge on any atom is -0.481 e. The molecular weight excluding hydrogens is 416 g/mol. The van der Waals surface area contributed by atoms with Gasteiger partial charge in [-0.15, -0.1) is 0 Å². The summed E-state index contributed by atoms with van der Waals surface area (Å²) in [5, 5.41) is 14.1. The molecule has 0 aromatic heterocycles. The van der Waals surface area contributed by atoms with Gasteiger partial charge in [0.05, 0.1) is 12.1 Å². The number of aliphatic carboxylic acids is 1. The predicted octanol–water partition coefficient (Wildman–Crippen LogP) is 4.76. The summed E-state index contributed by atoms with van der Waals surface area (Å²) in [5.41, 5.74) is 7.87. The first-order valence-electron chi connectivity index (χ1n) is 11.7. The van der Waals surface area contributed by atoms with Crippen molar-refractivity contribution in [2.45, 2.75) is 50.0 Å². The van der Waals surface area contributed by atoms with Crippen molar-refractivity contribution in [3.63, 3.8) is 0 Å². The number of carbonyl (C=O) groups excluding carboxylic acids is 1. The number of amides is 1. The van der Waals surface area contributed by atoms with Crippen molar-refractivity contribution < 1.29 is 19.4 Å². The third-order valence-corrected chi connectivity index (χ3v) is 7.09. The molecule has 2 aromatic rings. The molecule has 0 aliphatic heterocycles. The molecule has 1 fully saturated rings. The summed E-state index contributed by atoms with van der Waals surface area (Å²) >= 11 is 0. The van der Waals surface area contributed by atoms with Gasteiger partial charge in [-0.3, -0.25) is 9.59 Å². The van der Waals surface area contributed by atoms with E-state index in [9.17, 15) is 9.59 Å². The number of carboxylic acid groups (broad SMARTS) is 1. The number of ether oxygens (including phenoxy) is 1. The SMILES string of the molecule is COC1(C2CCCC2)C=CC(CCC(=O)O)=CC1c1ccc2cc(NC(=O)CN)ccc2c1. The van der Waals surface area contributed by atoms with E-state index in [1.807, 2.05) is 18.2 Å². The van der Waals surface area contributed by atoms with Crippen LogP contribution in [0.5, 0.6) is 0 Å². The summed E-state index contributed by atoms with van der Waals surface area (Å²) in [5.74, 6) is -0.588.